The number of nitrogens with one attached hydrogen (secondary N) is 1. The lowest BCUT2D eigenvalue weighted by Gasteiger charge is -1.92. The topological polar surface area (TPSA) is 68.3 Å². The molecule has 0 aliphatic heterocycles. The molecule has 3 N–H and O–H groups in total. The Morgan fingerprint density at radius 1 is 1.64 bits per heavy atom. The van der Waals surface area contributed by atoms with Crippen LogP contribution in [0.25, 0.3) is 0 Å². The van der Waals surface area contributed by atoms with Crippen LogP contribution in [-0.4, -0.2) is 5.91 Å². The van der Waals surface area contributed by atoms with Crippen LogP contribution in [0, 0.1) is 0 Å². The number of rotatable bonds is 1. The third-order valence-electron chi connectivity index (χ3n) is 0.994. The van der Waals surface area contributed by atoms with Crippen LogP contribution >= 0.6 is 23.2 Å². The zero-order chi connectivity index (χ0) is 8.43. The van der Waals surface area contributed by atoms with Crippen molar-refractivity contribution in [3.8, 4) is 0 Å². The highest BCUT2D eigenvalue weighted by Crippen LogP contribution is 2.23. The van der Waals surface area contributed by atoms with Crippen LogP contribution in [0.1, 0.15) is 10.6 Å². The largest absolute Gasteiger partial charge is 0.438 e. The average molecular weight is 195 g/mol. The van der Waals surface area contributed by atoms with E-state index >= 15 is 0 Å². The summed E-state index contributed by atoms with van der Waals surface area (Å²) in [5.74, 6) is 4.13. The molecule has 0 aliphatic carbocycles. The molecule has 0 saturated carbocycles. The van der Waals surface area contributed by atoms with Crippen molar-refractivity contribution in [2.45, 2.75) is 0 Å². The van der Waals surface area contributed by atoms with Gasteiger partial charge < -0.3 is 4.42 Å². The monoisotopic (exact) mass is 194 g/mol. The number of hydrogen-bond acceptors (Lipinski definition) is 3. The minimum Gasteiger partial charge on any atom is -0.438 e. The predicted octanol–water partition coefficient (Wildman–Crippen LogP) is 1.19. The van der Waals surface area contributed by atoms with Gasteiger partial charge in [0.15, 0.2) is 5.22 Å². The fraction of sp³-hybridized carbons (Fsp3) is 0. The predicted molar refractivity (Wildman–Crippen MR) is 40.4 cm³/mol. The molecule has 6 heteroatoms. The molecule has 0 unspecified atom stereocenters. The van der Waals surface area contributed by atoms with Crippen LogP contribution < -0.4 is 11.3 Å². The summed E-state index contributed by atoms with van der Waals surface area (Å²) in [5, 5.41) is 0.187. The van der Waals surface area contributed by atoms with Gasteiger partial charge in [0, 0.05) is 6.07 Å². The fourth-order valence-corrected chi connectivity index (χ4v) is 1.03. The zero-order valence-corrected chi connectivity index (χ0v) is 6.74. The maximum absolute atomic E-state index is 10.8. The van der Waals surface area contributed by atoms with Crippen molar-refractivity contribution in [1.82, 2.24) is 5.43 Å². The second-order valence-corrected chi connectivity index (χ2v) is 2.48. The van der Waals surface area contributed by atoms with Crippen molar-refractivity contribution in [2.24, 2.45) is 5.84 Å². The lowest BCUT2D eigenvalue weighted by molar-refractivity contribution is 0.0926. The van der Waals surface area contributed by atoms with Gasteiger partial charge in [-0.25, -0.2) is 5.84 Å². The highest BCUT2D eigenvalue weighted by molar-refractivity contribution is 6.36. The Bertz CT molecular complexity index is 284. The van der Waals surface area contributed by atoms with E-state index in [1.165, 1.54) is 6.07 Å². The number of amides is 1. The Labute approximate surface area is 72.2 Å². The summed E-state index contributed by atoms with van der Waals surface area (Å²) in [7, 11) is 0. The second kappa shape index (κ2) is 3.13. The third-order valence-corrected chi connectivity index (χ3v) is 1.46. The standard InChI is InChI=1S/C5H4Cl2N2O2/c6-2-1-3(7)11-4(2)5(10)9-8/h1H,8H2,(H,9,10). The molecule has 0 aliphatic rings. The van der Waals surface area contributed by atoms with Gasteiger partial charge in [0.25, 0.3) is 0 Å². The summed E-state index contributed by atoms with van der Waals surface area (Å²) in [6.07, 6.45) is 0. The molecule has 1 rings (SSSR count). The summed E-state index contributed by atoms with van der Waals surface area (Å²) < 4.78 is 4.71. The molecule has 60 valence electrons. The maximum atomic E-state index is 10.8. The summed E-state index contributed by atoms with van der Waals surface area (Å²) >= 11 is 10.9. The molecule has 1 aromatic rings. The first-order valence-corrected chi connectivity index (χ1v) is 3.36. The summed E-state index contributed by atoms with van der Waals surface area (Å²) in [5.41, 5.74) is 1.86. The number of nitrogen functional groups attached to an aromatic ring is 1. The highest BCUT2D eigenvalue weighted by atomic mass is 35.5. The van der Waals surface area contributed by atoms with Crippen LogP contribution in [0.15, 0.2) is 10.5 Å². The van der Waals surface area contributed by atoms with Crippen LogP contribution in [0.3, 0.4) is 0 Å². The van der Waals surface area contributed by atoms with Crippen LogP contribution in [0.5, 0.6) is 0 Å². The Balaban J connectivity index is 3.03. The lowest BCUT2D eigenvalue weighted by Crippen LogP contribution is -2.29. The van der Waals surface area contributed by atoms with Gasteiger partial charge in [0.1, 0.15) is 0 Å². The van der Waals surface area contributed by atoms with Gasteiger partial charge >= 0.3 is 5.91 Å². The van der Waals surface area contributed by atoms with E-state index in [-0.39, 0.29) is 16.0 Å². The molecular weight excluding hydrogens is 191 g/mol. The van der Waals surface area contributed by atoms with Crippen LogP contribution in [-0.2, 0) is 0 Å². The van der Waals surface area contributed by atoms with Crippen molar-refractivity contribution >= 4 is 29.1 Å². The van der Waals surface area contributed by atoms with E-state index in [4.69, 9.17) is 33.5 Å². The van der Waals surface area contributed by atoms with Gasteiger partial charge in [-0.1, -0.05) is 11.6 Å². The molecule has 0 fully saturated rings. The summed E-state index contributed by atoms with van der Waals surface area (Å²) in [6, 6.07) is 1.31. The number of hydrazine groups is 1. The van der Waals surface area contributed by atoms with E-state index in [0.29, 0.717) is 0 Å². The van der Waals surface area contributed by atoms with E-state index in [0.717, 1.165) is 0 Å². The summed E-state index contributed by atoms with van der Waals surface area (Å²) in [6.45, 7) is 0. The van der Waals surface area contributed by atoms with E-state index in [1.807, 2.05) is 5.43 Å². The third kappa shape index (κ3) is 1.65. The van der Waals surface area contributed by atoms with Crippen LogP contribution in [0.4, 0.5) is 0 Å². The summed E-state index contributed by atoms with van der Waals surface area (Å²) in [4.78, 5) is 10.8. The molecule has 0 bridgehead atoms. The van der Waals surface area contributed by atoms with Crippen LogP contribution in [0.2, 0.25) is 10.2 Å². The van der Waals surface area contributed by atoms with Gasteiger partial charge in [0.2, 0.25) is 5.76 Å². The average Bonchev–Trinajstić information content (AvgIpc) is 2.28. The van der Waals surface area contributed by atoms with E-state index < -0.39 is 5.91 Å². The zero-order valence-electron chi connectivity index (χ0n) is 5.23. The molecule has 4 nitrogen and oxygen atoms in total. The molecule has 0 saturated heterocycles. The maximum Gasteiger partial charge on any atom is 0.302 e. The molecule has 11 heavy (non-hydrogen) atoms. The molecule has 0 atom stereocenters. The van der Waals surface area contributed by atoms with Crippen molar-refractivity contribution in [1.29, 1.82) is 0 Å². The Morgan fingerprint density at radius 3 is 2.64 bits per heavy atom. The molecule has 0 spiro atoms. The SMILES string of the molecule is NNC(=O)c1oc(Cl)cc1Cl. The molecule has 1 amide bonds. The van der Waals surface area contributed by atoms with Gasteiger partial charge in [0.05, 0.1) is 5.02 Å². The number of halogens is 2. The molecule has 1 aromatic heterocycles. The molecule has 1 heterocycles. The minimum absolute atomic E-state index is 0.0496. The van der Waals surface area contributed by atoms with Crippen molar-refractivity contribution in [3.05, 3.63) is 22.1 Å². The molecular formula is C5H4Cl2N2O2. The number of nitrogens with two attached hydrogens (primary N) is 1. The number of furan rings is 1. The van der Waals surface area contributed by atoms with E-state index in [9.17, 15) is 4.79 Å². The first-order chi connectivity index (χ1) is 5.15. The molecule has 0 radical (unpaired) electrons. The van der Waals surface area contributed by atoms with Gasteiger partial charge in [-0.2, -0.15) is 0 Å². The highest BCUT2D eigenvalue weighted by Gasteiger charge is 2.14. The first kappa shape index (κ1) is 8.39. The lowest BCUT2D eigenvalue weighted by atomic mass is 10.4. The smallest absolute Gasteiger partial charge is 0.302 e. The molecule has 0 aromatic carbocycles. The van der Waals surface area contributed by atoms with E-state index in [2.05, 4.69) is 0 Å². The Kier molecular flexibility index (Phi) is 2.38. The van der Waals surface area contributed by atoms with Crippen molar-refractivity contribution < 1.29 is 9.21 Å². The number of carbonyl (C=O) groups excluding carboxylic acids is 1. The second-order valence-electron chi connectivity index (χ2n) is 1.70. The van der Waals surface area contributed by atoms with Crippen molar-refractivity contribution in [2.75, 3.05) is 0 Å². The number of hydrogen-bond donors (Lipinski definition) is 2. The Hall–Kier alpha value is -0.710. The van der Waals surface area contributed by atoms with Crippen molar-refractivity contribution in [3.63, 3.8) is 0 Å². The van der Waals surface area contributed by atoms with Gasteiger partial charge in [-0.05, 0) is 11.6 Å². The van der Waals surface area contributed by atoms with Gasteiger partial charge in [-0.3, -0.25) is 10.2 Å². The minimum atomic E-state index is -0.609. The first-order valence-electron chi connectivity index (χ1n) is 2.61. The fourth-order valence-electron chi connectivity index (χ4n) is 0.561. The van der Waals surface area contributed by atoms with Gasteiger partial charge in [-0.15, -0.1) is 0 Å². The van der Waals surface area contributed by atoms with E-state index in [1.54, 1.807) is 0 Å². The number of carbonyl (C=O) groups is 1. The Morgan fingerprint density at radius 2 is 2.27 bits per heavy atom. The normalized spacial score (nSPS) is 9.73. The quantitative estimate of drug-likeness (QED) is 0.401.